The van der Waals surface area contributed by atoms with Crippen LogP contribution in [0.4, 0.5) is 5.82 Å². The Morgan fingerprint density at radius 2 is 2.24 bits per heavy atom. The maximum Gasteiger partial charge on any atom is 0.248 e. The summed E-state index contributed by atoms with van der Waals surface area (Å²) >= 11 is 1.72. The number of H-pyrrole nitrogens is 1. The van der Waals surface area contributed by atoms with Gasteiger partial charge in [0.15, 0.2) is 0 Å². The first-order valence-corrected chi connectivity index (χ1v) is 9.28. The monoisotopic (exact) mass is 324 g/mol. The van der Waals surface area contributed by atoms with E-state index in [0.717, 1.165) is 19.3 Å². The number of aromatic amines is 1. The smallest absolute Gasteiger partial charge is 0.248 e. The lowest BCUT2D eigenvalue weighted by Gasteiger charge is -2.34. The highest BCUT2D eigenvalue weighted by Gasteiger charge is 2.45. The van der Waals surface area contributed by atoms with Crippen LogP contribution in [0.5, 0.6) is 0 Å². The van der Waals surface area contributed by atoms with Gasteiger partial charge in [0.25, 0.3) is 0 Å². The maximum atomic E-state index is 12.9. The molecular formula is C13H16N4O2S2. The summed E-state index contributed by atoms with van der Waals surface area (Å²) in [5, 5.41) is 8.32. The molecule has 1 unspecified atom stereocenters. The number of nitrogens with one attached hydrogen (secondary N) is 1. The van der Waals surface area contributed by atoms with Gasteiger partial charge in [0.05, 0.1) is 12.2 Å². The quantitative estimate of drug-likeness (QED) is 0.899. The molecule has 0 amide bonds. The van der Waals surface area contributed by atoms with Crippen LogP contribution in [0.3, 0.4) is 0 Å². The molecule has 6 nitrogen and oxygen atoms in total. The van der Waals surface area contributed by atoms with Crippen LogP contribution in [0, 0.1) is 5.92 Å². The lowest BCUT2D eigenvalue weighted by atomic mass is 9.98. The van der Waals surface area contributed by atoms with Crippen LogP contribution in [0.1, 0.15) is 29.3 Å². The molecular weight excluding hydrogens is 308 g/mol. The van der Waals surface area contributed by atoms with Crippen LogP contribution in [0.15, 0.2) is 22.5 Å². The van der Waals surface area contributed by atoms with Gasteiger partial charge in [0.1, 0.15) is 10.7 Å². The van der Waals surface area contributed by atoms with E-state index in [2.05, 4.69) is 21.6 Å². The van der Waals surface area contributed by atoms with Crippen molar-refractivity contribution in [2.24, 2.45) is 5.92 Å². The van der Waals surface area contributed by atoms with Gasteiger partial charge >= 0.3 is 0 Å². The zero-order chi connectivity index (χ0) is 14.6. The SMILES string of the molecule is Nc1[nH]ncc1S(=O)(=O)N1CCc2sccc2C1C1CC1. The second-order valence-electron chi connectivity index (χ2n) is 5.60. The second-order valence-corrected chi connectivity index (χ2v) is 8.45. The summed E-state index contributed by atoms with van der Waals surface area (Å²) in [5.41, 5.74) is 6.90. The van der Waals surface area contributed by atoms with Crippen molar-refractivity contribution >= 4 is 27.2 Å². The van der Waals surface area contributed by atoms with Crippen molar-refractivity contribution in [2.75, 3.05) is 12.3 Å². The number of rotatable bonds is 3. The van der Waals surface area contributed by atoms with Crippen LogP contribution < -0.4 is 5.73 Å². The van der Waals surface area contributed by atoms with E-state index in [1.165, 1.54) is 16.6 Å². The summed E-state index contributed by atoms with van der Waals surface area (Å²) in [6.07, 6.45) is 4.25. The Labute approximate surface area is 127 Å². The molecule has 21 heavy (non-hydrogen) atoms. The maximum absolute atomic E-state index is 12.9. The highest BCUT2D eigenvalue weighted by Crippen LogP contribution is 2.50. The summed E-state index contributed by atoms with van der Waals surface area (Å²) in [7, 11) is -3.60. The van der Waals surface area contributed by atoms with Crippen LogP contribution >= 0.6 is 11.3 Å². The summed E-state index contributed by atoms with van der Waals surface area (Å²) < 4.78 is 27.5. The molecule has 0 saturated heterocycles. The average molecular weight is 324 g/mol. The Hall–Kier alpha value is -1.38. The molecule has 0 bridgehead atoms. The van der Waals surface area contributed by atoms with E-state index in [0.29, 0.717) is 12.5 Å². The number of nitrogens with two attached hydrogens (primary N) is 1. The molecule has 3 N–H and O–H groups in total. The Morgan fingerprint density at radius 1 is 1.43 bits per heavy atom. The molecule has 8 heteroatoms. The fourth-order valence-corrected chi connectivity index (χ4v) is 5.70. The van der Waals surface area contributed by atoms with E-state index in [1.54, 1.807) is 15.6 Å². The topological polar surface area (TPSA) is 92.1 Å². The summed E-state index contributed by atoms with van der Waals surface area (Å²) in [5.74, 6) is 0.544. The van der Waals surface area contributed by atoms with Gasteiger partial charge in [-0.05, 0) is 42.2 Å². The van der Waals surface area contributed by atoms with Crippen molar-refractivity contribution in [3.8, 4) is 0 Å². The Morgan fingerprint density at radius 3 is 2.90 bits per heavy atom. The Balaban J connectivity index is 1.80. The number of anilines is 1. The van der Waals surface area contributed by atoms with Crippen molar-refractivity contribution in [1.82, 2.24) is 14.5 Å². The van der Waals surface area contributed by atoms with E-state index < -0.39 is 10.0 Å². The highest BCUT2D eigenvalue weighted by molar-refractivity contribution is 7.89. The normalized spacial score (nSPS) is 23.1. The molecule has 2 aromatic heterocycles. The van der Waals surface area contributed by atoms with Gasteiger partial charge in [0, 0.05) is 11.4 Å². The number of hydrogen-bond acceptors (Lipinski definition) is 5. The van der Waals surface area contributed by atoms with Crippen LogP contribution in [0.2, 0.25) is 0 Å². The highest BCUT2D eigenvalue weighted by atomic mass is 32.2. The molecule has 1 saturated carbocycles. The zero-order valence-corrected chi connectivity index (χ0v) is 13.0. The summed E-state index contributed by atoms with van der Waals surface area (Å²) in [6.45, 7) is 0.516. The van der Waals surface area contributed by atoms with E-state index in [-0.39, 0.29) is 16.8 Å². The molecule has 2 aromatic rings. The minimum absolute atomic E-state index is 0.0423. The molecule has 0 spiro atoms. The van der Waals surface area contributed by atoms with Crippen molar-refractivity contribution in [3.63, 3.8) is 0 Å². The third kappa shape index (κ3) is 2.01. The average Bonchev–Trinajstić information content (AvgIpc) is 3.00. The minimum atomic E-state index is -3.60. The number of thiophene rings is 1. The van der Waals surface area contributed by atoms with E-state index in [1.807, 2.05) is 0 Å². The Kier molecular flexibility index (Phi) is 2.88. The lowest BCUT2D eigenvalue weighted by molar-refractivity contribution is 0.283. The van der Waals surface area contributed by atoms with Gasteiger partial charge < -0.3 is 5.73 Å². The number of hydrogen-bond donors (Lipinski definition) is 2. The van der Waals surface area contributed by atoms with Crippen molar-refractivity contribution in [2.45, 2.75) is 30.2 Å². The van der Waals surface area contributed by atoms with Gasteiger partial charge in [0.2, 0.25) is 10.0 Å². The molecule has 2 aliphatic rings. The van der Waals surface area contributed by atoms with Crippen LogP contribution in [0.25, 0.3) is 0 Å². The third-order valence-corrected chi connectivity index (χ3v) is 7.16. The van der Waals surface area contributed by atoms with Crippen molar-refractivity contribution in [3.05, 3.63) is 28.1 Å². The number of nitrogens with zero attached hydrogens (tertiary/aromatic N) is 2. The molecule has 1 aliphatic heterocycles. The third-order valence-electron chi connectivity index (χ3n) is 4.26. The van der Waals surface area contributed by atoms with Gasteiger partial charge in [-0.2, -0.15) is 9.40 Å². The molecule has 4 rings (SSSR count). The standard InChI is InChI=1S/C13H16N4O2S2/c14-13-11(7-15-16-13)21(18,19)17-5-3-10-9(4-6-20-10)12(17)8-1-2-8/h4,6-8,12H,1-3,5H2,(H3,14,15,16). The van der Waals surface area contributed by atoms with Gasteiger partial charge in [-0.1, -0.05) is 0 Å². The molecule has 0 aromatic carbocycles. The van der Waals surface area contributed by atoms with Crippen molar-refractivity contribution < 1.29 is 8.42 Å². The molecule has 3 heterocycles. The number of sulfonamides is 1. The van der Waals surface area contributed by atoms with Gasteiger partial charge in [-0.25, -0.2) is 8.42 Å². The first-order valence-electron chi connectivity index (χ1n) is 6.96. The number of fused-ring (bicyclic) bond motifs is 1. The molecule has 1 atom stereocenters. The Bertz CT molecular complexity index is 776. The zero-order valence-electron chi connectivity index (χ0n) is 11.3. The van der Waals surface area contributed by atoms with Crippen LogP contribution in [-0.4, -0.2) is 29.5 Å². The van der Waals surface area contributed by atoms with Crippen molar-refractivity contribution in [1.29, 1.82) is 0 Å². The molecule has 1 fully saturated rings. The first kappa shape index (κ1) is 13.3. The molecule has 1 aliphatic carbocycles. The minimum Gasteiger partial charge on any atom is -0.383 e. The van der Waals surface area contributed by atoms with Crippen LogP contribution in [-0.2, 0) is 16.4 Å². The van der Waals surface area contributed by atoms with E-state index in [9.17, 15) is 8.42 Å². The predicted molar refractivity (Wildman–Crippen MR) is 80.4 cm³/mol. The number of nitrogen functional groups attached to an aromatic ring is 1. The molecule has 112 valence electrons. The number of aromatic nitrogens is 2. The van der Waals surface area contributed by atoms with E-state index in [4.69, 9.17) is 5.73 Å². The fraction of sp³-hybridized carbons (Fsp3) is 0.462. The largest absolute Gasteiger partial charge is 0.383 e. The summed E-state index contributed by atoms with van der Waals surface area (Å²) in [4.78, 5) is 1.41. The first-order chi connectivity index (χ1) is 10.1. The fourth-order valence-electron chi connectivity index (χ4n) is 3.11. The summed E-state index contributed by atoms with van der Waals surface area (Å²) in [6, 6.07) is 2.03. The predicted octanol–water partition coefficient (Wildman–Crippen LogP) is 1.75. The van der Waals surface area contributed by atoms with E-state index >= 15 is 0 Å². The lowest BCUT2D eigenvalue weighted by Crippen LogP contribution is -2.40. The van der Waals surface area contributed by atoms with Gasteiger partial charge in [-0.3, -0.25) is 5.10 Å². The second kappa shape index (κ2) is 4.56. The molecule has 0 radical (unpaired) electrons. The van der Waals surface area contributed by atoms with Gasteiger partial charge in [-0.15, -0.1) is 11.3 Å².